The molecule has 1 aromatic carbocycles. The normalized spacial score (nSPS) is 11.0. The molecule has 0 amide bonds. The Morgan fingerprint density at radius 1 is 1.14 bits per heavy atom. The van der Waals surface area contributed by atoms with Gasteiger partial charge in [0.05, 0.1) is 5.56 Å². The van der Waals surface area contributed by atoms with Gasteiger partial charge in [-0.2, -0.15) is 14.0 Å². The fourth-order valence-corrected chi connectivity index (χ4v) is 2.82. The predicted molar refractivity (Wildman–Crippen MR) is 101 cm³/mol. The molecule has 0 fully saturated rings. The fraction of sp³-hybridized carbons (Fsp3) is 0.105. The first-order valence-corrected chi connectivity index (χ1v) is 8.94. The molecule has 29 heavy (non-hydrogen) atoms. The van der Waals surface area contributed by atoms with Gasteiger partial charge >= 0.3 is 5.25 Å². The van der Waals surface area contributed by atoms with Gasteiger partial charge in [-0.05, 0) is 54.2 Å². The third-order valence-electron chi connectivity index (χ3n) is 3.46. The van der Waals surface area contributed by atoms with E-state index in [9.17, 15) is 13.2 Å². The van der Waals surface area contributed by atoms with E-state index >= 15 is 0 Å². The highest BCUT2D eigenvalue weighted by molar-refractivity contribution is 8.00. The van der Waals surface area contributed by atoms with Gasteiger partial charge in [-0.25, -0.2) is 14.4 Å². The SMILES string of the molecule is N#Cc1ccc(Nc2ncc(SC(F)(F)CO)cc2Oc2ccc(F)cc2)nc1. The third kappa shape index (κ3) is 5.60. The van der Waals surface area contributed by atoms with Crippen molar-refractivity contribution in [2.45, 2.75) is 10.2 Å². The van der Waals surface area contributed by atoms with E-state index in [0.29, 0.717) is 11.4 Å². The van der Waals surface area contributed by atoms with Gasteiger partial charge in [-0.1, -0.05) is 0 Å². The summed E-state index contributed by atoms with van der Waals surface area (Å²) in [7, 11) is 0. The molecular weight excluding hydrogens is 405 g/mol. The number of benzene rings is 1. The summed E-state index contributed by atoms with van der Waals surface area (Å²) in [4.78, 5) is 8.22. The molecular formula is C19H13F3N4O2S. The number of aliphatic hydroxyl groups excluding tert-OH is 1. The minimum absolute atomic E-state index is 0.0551. The van der Waals surface area contributed by atoms with Crippen LogP contribution in [-0.2, 0) is 0 Å². The van der Waals surface area contributed by atoms with Gasteiger partial charge in [0, 0.05) is 17.3 Å². The van der Waals surface area contributed by atoms with Crippen LogP contribution in [-0.4, -0.2) is 26.9 Å². The van der Waals surface area contributed by atoms with E-state index in [0.717, 1.165) is 0 Å². The number of hydrogen-bond donors (Lipinski definition) is 2. The quantitative estimate of drug-likeness (QED) is 0.538. The van der Waals surface area contributed by atoms with Crippen molar-refractivity contribution in [2.24, 2.45) is 0 Å². The highest BCUT2D eigenvalue weighted by Crippen LogP contribution is 2.39. The zero-order chi connectivity index (χ0) is 20.9. The Bertz CT molecular complexity index is 1030. The summed E-state index contributed by atoms with van der Waals surface area (Å²) < 4.78 is 45.8. The van der Waals surface area contributed by atoms with Crippen LogP contribution in [0.25, 0.3) is 0 Å². The number of anilines is 2. The number of aromatic nitrogens is 2. The van der Waals surface area contributed by atoms with Gasteiger partial charge in [0.15, 0.2) is 11.6 Å². The molecule has 0 saturated heterocycles. The number of pyridine rings is 2. The number of hydrogen-bond acceptors (Lipinski definition) is 7. The lowest BCUT2D eigenvalue weighted by molar-refractivity contribution is 0.0362. The van der Waals surface area contributed by atoms with Crippen molar-refractivity contribution in [2.75, 3.05) is 11.9 Å². The van der Waals surface area contributed by atoms with Crippen LogP contribution in [0.1, 0.15) is 5.56 Å². The molecule has 148 valence electrons. The summed E-state index contributed by atoms with van der Waals surface area (Å²) in [5.74, 6) is 0.411. The standard InChI is InChI=1S/C19H13F3N4O2S/c20-13-2-4-14(5-3-13)28-16-7-15(29-19(21,22)11-27)10-25-18(16)26-17-6-1-12(8-23)9-24-17/h1-7,9-10,27H,11H2,(H,24,25,26). The van der Waals surface area contributed by atoms with Gasteiger partial charge < -0.3 is 15.2 Å². The zero-order valence-electron chi connectivity index (χ0n) is 14.6. The Hall–Kier alpha value is -3.29. The number of rotatable bonds is 7. The van der Waals surface area contributed by atoms with E-state index < -0.39 is 17.7 Å². The van der Waals surface area contributed by atoms with Crippen LogP contribution in [0.2, 0.25) is 0 Å². The Kier molecular flexibility index (Phi) is 6.21. The molecule has 0 radical (unpaired) electrons. The van der Waals surface area contributed by atoms with Crippen LogP contribution >= 0.6 is 11.8 Å². The molecule has 0 spiro atoms. The number of nitrogens with one attached hydrogen (secondary N) is 1. The van der Waals surface area contributed by atoms with Gasteiger partial charge in [-0.15, -0.1) is 0 Å². The molecule has 6 nitrogen and oxygen atoms in total. The highest BCUT2D eigenvalue weighted by atomic mass is 32.2. The predicted octanol–water partition coefficient (Wildman–Crippen LogP) is 4.70. The minimum atomic E-state index is -3.39. The Labute approximate surface area is 168 Å². The molecule has 0 aliphatic rings. The second kappa shape index (κ2) is 8.81. The van der Waals surface area contributed by atoms with Gasteiger partial charge in [0.25, 0.3) is 0 Å². The van der Waals surface area contributed by atoms with Crippen molar-refractivity contribution in [1.29, 1.82) is 5.26 Å². The van der Waals surface area contributed by atoms with Crippen LogP contribution in [0.4, 0.5) is 24.8 Å². The number of nitriles is 1. The summed E-state index contributed by atoms with van der Waals surface area (Å²) in [6.07, 6.45) is 2.55. The van der Waals surface area contributed by atoms with Gasteiger partial charge in [-0.3, -0.25) is 0 Å². The van der Waals surface area contributed by atoms with Gasteiger partial charge in [0.2, 0.25) is 0 Å². The third-order valence-corrected chi connectivity index (χ3v) is 4.35. The average molecular weight is 418 g/mol. The molecule has 0 aliphatic carbocycles. The number of nitrogens with zero attached hydrogens (tertiary/aromatic N) is 3. The molecule has 2 N–H and O–H groups in total. The van der Waals surface area contributed by atoms with E-state index in [1.807, 2.05) is 6.07 Å². The first-order chi connectivity index (χ1) is 13.9. The molecule has 0 unspecified atom stereocenters. The lowest BCUT2D eigenvalue weighted by atomic mass is 10.3. The van der Waals surface area contributed by atoms with E-state index in [4.69, 9.17) is 15.1 Å². The van der Waals surface area contributed by atoms with Crippen molar-refractivity contribution in [3.8, 4) is 17.6 Å². The van der Waals surface area contributed by atoms with Gasteiger partial charge in [0.1, 0.15) is 30.1 Å². The van der Waals surface area contributed by atoms with Crippen molar-refractivity contribution in [1.82, 2.24) is 9.97 Å². The van der Waals surface area contributed by atoms with Crippen LogP contribution in [0.5, 0.6) is 11.5 Å². The fourth-order valence-electron chi connectivity index (χ4n) is 2.14. The van der Waals surface area contributed by atoms with E-state index in [-0.39, 0.29) is 34.0 Å². The monoisotopic (exact) mass is 418 g/mol. The molecule has 10 heteroatoms. The second-order valence-electron chi connectivity index (χ2n) is 5.64. The van der Waals surface area contributed by atoms with Crippen molar-refractivity contribution in [3.05, 3.63) is 66.2 Å². The molecule has 0 saturated carbocycles. The van der Waals surface area contributed by atoms with Crippen LogP contribution in [0.3, 0.4) is 0 Å². The molecule has 0 aliphatic heterocycles. The summed E-state index contributed by atoms with van der Waals surface area (Å²) in [6.45, 7) is -1.33. The minimum Gasteiger partial charge on any atom is -0.453 e. The van der Waals surface area contributed by atoms with E-state index in [2.05, 4.69) is 15.3 Å². The van der Waals surface area contributed by atoms with E-state index in [1.165, 1.54) is 42.7 Å². The van der Waals surface area contributed by atoms with Crippen LogP contribution in [0.15, 0.2) is 59.8 Å². The Morgan fingerprint density at radius 3 is 2.52 bits per heavy atom. The van der Waals surface area contributed by atoms with Crippen LogP contribution in [0, 0.1) is 17.1 Å². The molecule has 0 bridgehead atoms. The maximum atomic E-state index is 13.5. The van der Waals surface area contributed by atoms with Crippen LogP contribution < -0.4 is 10.1 Å². The number of thioether (sulfide) groups is 1. The number of halogens is 3. The first kappa shape index (κ1) is 20.4. The largest absolute Gasteiger partial charge is 0.453 e. The first-order valence-electron chi connectivity index (χ1n) is 8.13. The zero-order valence-corrected chi connectivity index (χ0v) is 15.5. The highest BCUT2D eigenvalue weighted by Gasteiger charge is 2.30. The number of alkyl halides is 2. The Morgan fingerprint density at radius 2 is 1.90 bits per heavy atom. The maximum Gasteiger partial charge on any atom is 0.320 e. The molecule has 3 aromatic rings. The van der Waals surface area contributed by atoms with Crippen molar-refractivity contribution < 1.29 is 23.0 Å². The van der Waals surface area contributed by atoms with E-state index in [1.54, 1.807) is 12.1 Å². The molecule has 2 aromatic heterocycles. The molecule has 3 rings (SSSR count). The number of aliphatic hydroxyl groups is 1. The summed E-state index contributed by atoms with van der Waals surface area (Å²) in [5.41, 5.74) is 0.365. The second-order valence-corrected chi connectivity index (χ2v) is 6.91. The van der Waals surface area contributed by atoms with Crippen molar-refractivity contribution in [3.63, 3.8) is 0 Å². The maximum absolute atomic E-state index is 13.5. The topological polar surface area (TPSA) is 91.1 Å². The summed E-state index contributed by atoms with van der Waals surface area (Å²) >= 11 is 0.128. The summed E-state index contributed by atoms with van der Waals surface area (Å²) in [5, 5.41) is 17.1. The lowest BCUT2D eigenvalue weighted by Gasteiger charge is -2.15. The Balaban J connectivity index is 1.92. The smallest absolute Gasteiger partial charge is 0.320 e. The summed E-state index contributed by atoms with van der Waals surface area (Å²) in [6, 6.07) is 11.5. The number of ether oxygens (including phenoxy) is 1. The lowest BCUT2D eigenvalue weighted by Crippen LogP contribution is -2.15. The van der Waals surface area contributed by atoms with Crippen molar-refractivity contribution >= 4 is 23.4 Å². The molecule has 2 heterocycles. The average Bonchev–Trinajstić information content (AvgIpc) is 2.72. The molecule has 0 atom stereocenters.